The minimum atomic E-state index is 0.00600. The quantitative estimate of drug-likeness (QED) is 0.444. The summed E-state index contributed by atoms with van der Waals surface area (Å²) in [5.41, 5.74) is 6.30. The maximum atomic E-state index is 4.52. The van der Waals surface area contributed by atoms with Crippen molar-refractivity contribution in [2.24, 2.45) is 0 Å². The van der Waals surface area contributed by atoms with Crippen LogP contribution in [0, 0.1) is 0 Å². The van der Waals surface area contributed by atoms with Gasteiger partial charge in [0.1, 0.15) is 0 Å². The highest BCUT2D eigenvalue weighted by Crippen LogP contribution is 2.40. The summed E-state index contributed by atoms with van der Waals surface area (Å²) in [6.45, 7) is 4.26. The van der Waals surface area contributed by atoms with E-state index < -0.39 is 0 Å². The molecule has 3 aromatic rings. The summed E-state index contributed by atoms with van der Waals surface area (Å²) in [5, 5.41) is 3.67. The molecular weight excluding hydrogens is 452 g/mol. The van der Waals surface area contributed by atoms with Gasteiger partial charge in [-0.25, -0.2) is 0 Å². The minimum Gasteiger partial charge on any atom is -0.372 e. The van der Waals surface area contributed by atoms with E-state index in [1.807, 2.05) is 6.07 Å². The third kappa shape index (κ3) is 3.39. The number of benzene rings is 2. The number of halogens is 2. The van der Waals surface area contributed by atoms with Crippen LogP contribution in [0.5, 0.6) is 0 Å². The van der Waals surface area contributed by atoms with Crippen LogP contribution in [0.1, 0.15) is 22.9 Å². The molecule has 1 aromatic heterocycles. The van der Waals surface area contributed by atoms with E-state index in [2.05, 4.69) is 109 Å². The Morgan fingerprint density at radius 2 is 1.54 bits per heavy atom. The first kappa shape index (κ1) is 17.3. The van der Waals surface area contributed by atoms with Gasteiger partial charge in [0.05, 0.1) is 17.4 Å². The first-order valence-electron chi connectivity index (χ1n) is 8.25. The van der Waals surface area contributed by atoms with Crippen molar-refractivity contribution < 1.29 is 0 Å². The van der Waals surface area contributed by atoms with Gasteiger partial charge >= 0.3 is 0 Å². The monoisotopic (exact) mass is 466 g/mol. The minimum absolute atomic E-state index is 0.00600. The number of rotatable bonds is 2. The van der Waals surface area contributed by atoms with Gasteiger partial charge in [-0.3, -0.25) is 4.98 Å². The normalized spacial score (nSPS) is 16.3. The zero-order valence-electron chi connectivity index (χ0n) is 13.9. The third-order valence-corrected chi connectivity index (χ3v) is 5.49. The van der Waals surface area contributed by atoms with Crippen molar-refractivity contribution in [1.82, 2.24) is 4.98 Å². The van der Waals surface area contributed by atoms with Crippen LogP contribution in [0.25, 0.3) is 11.1 Å². The Kier molecular flexibility index (Phi) is 4.79. The van der Waals surface area contributed by atoms with Crippen LogP contribution in [0.3, 0.4) is 0 Å². The highest BCUT2D eigenvalue weighted by molar-refractivity contribution is 9.10. The van der Waals surface area contributed by atoms with Crippen molar-refractivity contribution in [3.8, 4) is 0 Å². The van der Waals surface area contributed by atoms with E-state index >= 15 is 0 Å². The predicted molar refractivity (Wildman–Crippen MR) is 116 cm³/mol. The van der Waals surface area contributed by atoms with E-state index in [1.165, 1.54) is 11.1 Å². The molecule has 1 N–H and O–H groups in total. The topological polar surface area (TPSA) is 24.9 Å². The second-order valence-corrected chi connectivity index (χ2v) is 7.99. The Morgan fingerprint density at radius 3 is 2.23 bits per heavy atom. The van der Waals surface area contributed by atoms with Crippen LogP contribution < -0.4 is 5.32 Å². The number of pyridine rings is 1. The summed E-state index contributed by atoms with van der Waals surface area (Å²) in [6.07, 6.45) is 3.95. The van der Waals surface area contributed by atoms with Crippen LogP contribution >= 0.6 is 31.9 Å². The average Bonchev–Trinajstić information content (AvgIpc) is 2.80. The lowest BCUT2D eigenvalue weighted by Gasteiger charge is -2.23. The molecule has 2 aromatic carbocycles. The maximum absolute atomic E-state index is 4.52. The molecule has 0 amide bonds. The Balaban J connectivity index is 1.88. The van der Waals surface area contributed by atoms with E-state index in [9.17, 15) is 0 Å². The molecule has 0 saturated carbocycles. The number of allylic oxidation sites excluding steroid dienone is 2. The SMILES string of the molecule is C=C1C=C(c2ccc(Br)cc2)C(c2ccc(Br)cc2)Nc2cccnc21. The van der Waals surface area contributed by atoms with Gasteiger partial charge in [0.15, 0.2) is 0 Å². The molecule has 0 bridgehead atoms. The van der Waals surface area contributed by atoms with E-state index in [-0.39, 0.29) is 6.04 Å². The highest BCUT2D eigenvalue weighted by atomic mass is 79.9. The van der Waals surface area contributed by atoms with E-state index in [0.29, 0.717) is 0 Å². The summed E-state index contributed by atoms with van der Waals surface area (Å²) in [5.74, 6) is 0. The van der Waals surface area contributed by atoms with Gasteiger partial charge in [-0.2, -0.15) is 0 Å². The van der Waals surface area contributed by atoms with E-state index in [4.69, 9.17) is 0 Å². The molecule has 4 heteroatoms. The van der Waals surface area contributed by atoms with Gasteiger partial charge in [0.2, 0.25) is 0 Å². The molecule has 0 aliphatic carbocycles. The standard InChI is InChI=1S/C22H16Br2N2/c1-14-13-19(15-4-8-17(23)9-5-15)22(16-6-10-18(24)11-7-16)26-20-3-2-12-25-21(14)20/h2-13,22,26H,1H2. The van der Waals surface area contributed by atoms with Gasteiger partial charge in [0.25, 0.3) is 0 Å². The smallest absolute Gasteiger partial charge is 0.0927 e. The van der Waals surface area contributed by atoms with Crippen molar-refractivity contribution >= 4 is 48.7 Å². The molecular formula is C22H16Br2N2. The highest BCUT2D eigenvalue weighted by Gasteiger charge is 2.24. The van der Waals surface area contributed by atoms with Crippen LogP contribution in [-0.4, -0.2) is 4.98 Å². The first-order valence-corrected chi connectivity index (χ1v) is 9.84. The molecule has 0 spiro atoms. The van der Waals surface area contributed by atoms with Gasteiger partial charge in [0, 0.05) is 15.1 Å². The first-order chi connectivity index (χ1) is 12.6. The molecule has 128 valence electrons. The fourth-order valence-electron chi connectivity index (χ4n) is 3.16. The van der Waals surface area contributed by atoms with Crippen molar-refractivity contribution in [2.45, 2.75) is 6.04 Å². The number of anilines is 1. The number of fused-ring (bicyclic) bond motifs is 1. The molecule has 2 nitrogen and oxygen atoms in total. The number of hydrogen-bond donors (Lipinski definition) is 1. The Hall–Kier alpha value is -2.17. The van der Waals surface area contributed by atoms with Gasteiger partial charge in [-0.15, -0.1) is 0 Å². The van der Waals surface area contributed by atoms with Crippen LogP contribution in [0.15, 0.2) is 88.5 Å². The summed E-state index contributed by atoms with van der Waals surface area (Å²) in [7, 11) is 0. The molecule has 26 heavy (non-hydrogen) atoms. The lowest BCUT2D eigenvalue weighted by atomic mass is 9.92. The lowest BCUT2D eigenvalue weighted by molar-refractivity contribution is 1.00. The largest absolute Gasteiger partial charge is 0.372 e. The van der Waals surface area contributed by atoms with Crippen LogP contribution in [0.4, 0.5) is 5.69 Å². The van der Waals surface area contributed by atoms with Gasteiger partial charge < -0.3 is 5.32 Å². The molecule has 2 heterocycles. The Morgan fingerprint density at radius 1 is 0.885 bits per heavy atom. The summed E-state index contributed by atoms with van der Waals surface area (Å²) in [6, 6.07) is 20.8. The molecule has 1 unspecified atom stereocenters. The zero-order valence-corrected chi connectivity index (χ0v) is 17.1. The van der Waals surface area contributed by atoms with Crippen molar-refractivity contribution in [1.29, 1.82) is 0 Å². The molecule has 1 aliphatic rings. The van der Waals surface area contributed by atoms with Gasteiger partial charge in [-0.1, -0.05) is 62.7 Å². The Bertz CT molecular complexity index is 989. The second-order valence-electron chi connectivity index (χ2n) is 6.16. The summed E-state index contributed by atoms with van der Waals surface area (Å²) >= 11 is 7.04. The fraction of sp³-hybridized carbons (Fsp3) is 0.0455. The molecule has 1 atom stereocenters. The third-order valence-electron chi connectivity index (χ3n) is 4.43. The maximum Gasteiger partial charge on any atom is 0.0927 e. The van der Waals surface area contributed by atoms with Crippen molar-refractivity contribution in [2.75, 3.05) is 5.32 Å². The molecule has 1 aliphatic heterocycles. The van der Waals surface area contributed by atoms with E-state index in [0.717, 1.165) is 31.5 Å². The molecule has 0 radical (unpaired) electrons. The Labute approximate surface area is 169 Å². The average molecular weight is 468 g/mol. The van der Waals surface area contributed by atoms with Gasteiger partial charge in [-0.05, 0) is 64.7 Å². The number of hydrogen-bond acceptors (Lipinski definition) is 2. The van der Waals surface area contributed by atoms with Crippen molar-refractivity contribution in [3.63, 3.8) is 0 Å². The van der Waals surface area contributed by atoms with Crippen LogP contribution in [0.2, 0.25) is 0 Å². The molecule has 0 saturated heterocycles. The summed E-state index contributed by atoms with van der Waals surface area (Å²) < 4.78 is 2.13. The number of aromatic nitrogens is 1. The number of nitrogens with zero attached hydrogens (tertiary/aromatic N) is 1. The molecule has 0 fully saturated rings. The second kappa shape index (κ2) is 7.22. The predicted octanol–water partition coefficient (Wildman–Crippen LogP) is 6.87. The van der Waals surface area contributed by atoms with Crippen LogP contribution in [-0.2, 0) is 0 Å². The lowest BCUT2D eigenvalue weighted by Crippen LogP contribution is -2.12. The summed E-state index contributed by atoms with van der Waals surface area (Å²) in [4.78, 5) is 4.52. The van der Waals surface area contributed by atoms with Crippen molar-refractivity contribution in [3.05, 3.63) is 105 Å². The molecule has 4 rings (SSSR count). The fourth-order valence-corrected chi connectivity index (χ4v) is 3.69. The zero-order chi connectivity index (χ0) is 18.1. The number of nitrogens with one attached hydrogen (secondary N) is 1. The van der Waals surface area contributed by atoms with E-state index in [1.54, 1.807) is 6.20 Å².